The summed E-state index contributed by atoms with van der Waals surface area (Å²) in [5.41, 5.74) is 0.577. The summed E-state index contributed by atoms with van der Waals surface area (Å²) >= 11 is 0. The van der Waals surface area contributed by atoms with E-state index in [0.29, 0.717) is 25.5 Å². The van der Waals surface area contributed by atoms with Gasteiger partial charge in [-0.1, -0.05) is 27.7 Å². The number of likely N-dealkylation sites (tertiary alicyclic amines) is 1. The second-order valence-corrected chi connectivity index (χ2v) is 9.75. The van der Waals surface area contributed by atoms with Crippen LogP contribution < -0.4 is 10.6 Å². The molecule has 1 aliphatic rings. The quantitative estimate of drug-likeness (QED) is 0.821. The third-order valence-corrected chi connectivity index (χ3v) is 4.98. The van der Waals surface area contributed by atoms with Crippen LogP contribution in [-0.2, 0) is 15.7 Å². The molecule has 1 aliphatic heterocycles. The first kappa shape index (κ1) is 22.2. The molecule has 28 heavy (non-hydrogen) atoms. The van der Waals surface area contributed by atoms with Gasteiger partial charge in [0.05, 0.1) is 17.2 Å². The van der Waals surface area contributed by atoms with Crippen LogP contribution in [0.2, 0.25) is 0 Å². The van der Waals surface area contributed by atoms with Crippen molar-refractivity contribution in [3.63, 3.8) is 0 Å². The van der Waals surface area contributed by atoms with Crippen molar-refractivity contribution in [2.45, 2.75) is 78.7 Å². The summed E-state index contributed by atoms with van der Waals surface area (Å²) in [5, 5.41) is 10.7. The third-order valence-electron chi connectivity index (χ3n) is 4.98. The van der Waals surface area contributed by atoms with Crippen molar-refractivity contribution < 1.29 is 9.59 Å². The number of hydrogen-bond donors (Lipinski definition) is 2. The van der Waals surface area contributed by atoms with Crippen molar-refractivity contribution in [3.8, 4) is 0 Å². The summed E-state index contributed by atoms with van der Waals surface area (Å²) in [4.78, 5) is 27.0. The molecule has 0 saturated carbocycles. The second-order valence-electron chi connectivity index (χ2n) is 9.75. The number of nitrogens with zero attached hydrogens (tertiary/aromatic N) is 3. The van der Waals surface area contributed by atoms with E-state index in [-0.39, 0.29) is 28.8 Å². The molecule has 1 aromatic rings. The molecule has 0 radical (unpaired) electrons. The van der Waals surface area contributed by atoms with Crippen molar-refractivity contribution in [3.05, 3.63) is 11.8 Å². The molecule has 7 heteroatoms. The predicted molar refractivity (Wildman–Crippen MR) is 113 cm³/mol. The molecule has 7 nitrogen and oxygen atoms in total. The molecule has 2 rings (SSSR count). The van der Waals surface area contributed by atoms with Crippen LogP contribution in [0.4, 0.5) is 10.6 Å². The van der Waals surface area contributed by atoms with Gasteiger partial charge < -0.3 is 10.2 Å². The Morgan fingerprint density at radius 2 is 1.89 bits per heavy atom. The third kappa shape index (κ3) is 5.49. The average Bonchev–Trinajstić information content (AvgIpc) is 3.04. The highest BCUT2D eigenvalue weighted by molar-refractivity contribution is 5.89. The topological polar surface area (TPSA) is 79.3 Å². The van der Waals surface area contributed by atoms with Crippen LogP contribution in [0.5, 0.6) is 0 Å². The number of carbonyl (C=O) groups excluding carboxylic acids is 2. The highest BCUT2D eigenvalue weighted by atomic mass is 16.2. The SMILES string of the molecule is CCCNC(=O)C1CCCN(C(=O)Nc2cc(C(C)(C)C)nn2C(C)(C)C)C1. The Kier molecular flexibility index (Phi) is 6.78. The monoisotopic (exact) mass is 391 g/mol. The maximum absolute atomic E-state index is 12.9. The molecule has 2 heterocycles. The fourth-order valence-corrected chi connectivity index (χ4v) is 3.30. The highest BCUT2D eigenvalue weighted by Gasteiger charge is 2.30. The van der Waals surface area contributed by atoms with E-state index in [9.17, 15) is 9.59 Å². The van der Waals surface area contributed by atoms with Gasteiger partial charge in [0.15, 0.2) is 0 Å². The molecule has 158 valence electrons. The Bertz CT molecular complexity index is 697. The van der Waals surface area contributed by atoms with Crippen molar-refractivity contribution in [1.82, 2.24) is 20.0 Å². The number of rotatable bonds is 4. The number of piperidine rings is 1. The Labute approximate surface area is 169 Å². The number of carbonyl (C=O) groups is 2. The molecule has 1 saturated heterocycles. The Balaban J connectivity index is 2.13. The first-order valence-corrected chi connectivity index (χ1v) is 10.4. The first-order chi connectivity index (χ1) is 12.9. The van der Waals surface area contributed by atoms with Gasteiger partial charge in [-0.25, -0.2) is 9.48 Å². The van der Waals surface area contributed by atoms with E-state index in [4.69, 9.17) is 5.10 Å². The molecule has 1 fully saturated rings. The largest absolute Gasteiger partial charge is 0.356 e. The Morgan fingerprint density at radius 1 is 1.21 bits per heavy atom. The van der Waals surface area contributed by atoms with Gasteiger partial charge in [0, 0.05) is 31.1 Å². The molecule has 0 spiro atoms. The fraction of sp³-hybridized carbons (Fsp3) is 0.762. The van der Waals surface area contributed by atoms with Crippen LogP contribution in [0, 0.1) is 5.92 Å². The van der Waals surface area contributed by atoms with Crippen LogP contribution in [0.25, 0.3) is 0 Å². The van der Waals surface area contributed by atoms with E-state index >= 15 is 0 Å². The van der Waals surface area contributed by atoms with Crippen LogP contribution in [0.3, 0.4) is 0 Å². The van der Waals surface area contributed by atoms with Crippen molar-refractivity contribution >= 4 is 17.8 Å². The molecule has 0 aliphatic carbocycles. The maximum Gasteiger partial charge on any atom is 0.323 e. The zero-order valence-electron chi connectivity index (χ0n) is 18.6. The minimum atomic E-state index is -0.253. The Hall–Kier alpha value is -2.05. The summed E-state index contributed by atoms with van der Waals surface area (Å²) in [6.45, 7) is 16.4. The molecular formula is C21H37N5O2. The minimum absolute atomic E-state index is 0.0501. The van der Waals surface area contributed by atoms with Crippen molar-refractivity contribution in [2.24, 2.45) is 5.92 Å². The van der Waals surface area contributed by atoms with Gasteiger partial charge in [0.25, 0.3) is 0 Å². The lowest BCUT2D eigenvalue weighted by Crippen LogP contribution is -2.47. The number of aromatic nitrogens is 2. The van der Waals surface area contributed by atoms with E-state index in [1.807, 2.05) is 17.7 Å². The van der Waals surface area contributed by atoms with E-state index in [1.54, 1.807) is 4.90 Å². The lowest BCUT2D eigenvalue weighted by molar-refractivity contribution is -0.126. The second kappa shape index (κ2) is 8.53. The molecular weight excluding hydrogens is 354 g/mol. The predicted octanol–water partition coefficient (Wildman–Crippen LogP) is 3.71. The maximum atomic E-state index is 12.9. The van der Waals surface area contributed by atoms with Gasteiger partial charge in [-0.05, 0) is 40.0 Å². The summed E-state index contributed by atoms with van der Waals surface area (Å²) in [6, 6.07) is 1.79. The number of anilines is 1. The van der Waals surface area contributed by atoms with Gasteiger partial charge in [0.1, 0.15) is 5.82 Å². The molecule has 1 atom stereocenters. The highest BCUT2D eigenvalue weighted by Crippen LogP contribution is 2.28. The van der Waals surface area contributed by atoms with Crippen molar-refractivity contribution in [2.75, 3.05) is 25.0 Å². The Morgan fingerprint density at radius 3 is 2.46 bits per heavy atom. The molecule has 1 aromatic heterocycles. The lowest BCUT2D eigenvalue weighted by atomic mass is 9.92. The van der Waals surface area contributed by atoms with E-state index < -0.39 is 0 Å². The number of urea groups is 1. The van der Waals surface area contributed by atoms with Gasteiger partial charge in [-0.15, -0.1) is 0 Å². The molecule has 3 amide bonds. The molecule has 1 unspecified atom stereocenters. The lowest BCUT2D eigenvalue weighted by Gasteiger charge is -2.32. The van der Waals surface area contributed by atoms with Gasteiger partial charge >= 0.3 is 6.03 Å². The summed E-state index contributed by atoms with van der Waals surface area (Å²) in [7, 11) is 0. The number of hydrogen-bond acceptors (Lipinski definition) is 3. The van der Waals surface area contributed by atoms with Crippen molar-refractivity contribution in [1.29, 1.82) is 0 Å². The standard InChI is InChI=1S/C21H37N5O2/c1-8-11-22-18(27)15-10-9-12-25(14-15)19(28)23-17-13-16(20(2,3)4)24-26(17)21(5,6)7/h13,15H,8-12,14H2,1-7H3,(H,22,27)(H,23,28). The zero-order chi connectivity index (χ0) is 21.1. The normalized spacial score (nSPS) is 18.1. The van der Waals surface area contributed by atoms with Crippen LogP contribution in [0.1, 0.15) is 73.4 Å². The smallest absolute Gasteiger partial charge is 0.323 e. The van der Waals surface area contributed by atoms with E-state index in [1.165, 1.54) is 0 Å². The summed E-state index contributed by atoms with van der Waals surface area (Å²) in [6.07, 6.45) is 2.58. The molecule has 0 aromatic carbocycles. The summed E-state index contributed by atoms with van der Waals surface area (Å²) in [5.74, 6) is 0.609. The van der Waals surface area contributed by atoms with Crippen LogP contribution in [0.15, 0.2) is 6.07 Å². The van der Waals surface area contributed by atoms with Crippen LogP contribution >= 0.6 is 0 Å². The van der Waals surface area contributed by atoms with E-state index in [0.717, 1.165) is 25.0 Å². The van der Waals surface area contributed by atoms with Gasteiger partial charge in [-0.3, -0.25) is 10.1 Å². The summed E-state index contributed by atoms with van der Waals surface area (Å²) < 4.78 is 1.88. The average molecular weight is 392 g/mol. The minimum Gasteiger partial charge on any atom is -0.356 e. The number of nitrogens with one attached hydrogen (secondary N) is 2. The van der Waals surface area contributed by atoms with Crippen LogP contribution in [-0.4, -0.2) is 46.3 Å². The molecule has 2 N–H and O–H groups in total. The molecule has 0 bridgehead atoms. The zero-order valence-corrected chi connectivity index (χ0v) is 18.6. The van der Waals surface area contributed by atoms with E-state index in [2.05, 4.69) is 52.2 Å². The fourth-order valence-electron chi connectivity index (χ4n) is 3.30. The number of amides is 3. The first-order valence-electron chi connectivity index (χ1n) is 10.4. The van der Waals surface area contributed by atoms with Gasteiger partial charge in [-0.2, -0.15) is 5.10 Å². The van der Waals surface area contributed by atoms with Gasteiger partial charge in [0.2, 0.25) is 5.91 Å².